The molecule has 0 unspecified atom stereocenters. The van der Waals surface area contributed by atoms with Gasteiger partial charge in [0, 0.05) is 17.7 Å². The number of aromatic nitrogens is 1. The second-order valence-corrected chi connectivity index (χ2v) is 5.96. The average molecular weight is 250 g/mol. The highest BCUT2D eigenvalue weighted by molar-refractivity contribution is 5.88. The number of rotatable bonds is 4. The van der Waals surface area contributed by atoms with Gasteiger partial charge in [-0.25, -0.2) is 9.78 Å². The van der Waals surface area contributed by atoms with Crippen LogP contribution in [0.15, 0.2) is 12.1 Å². The molecule has 4 nitrogen and oxygen atoms in total. The summed E-state index contributed by atoms with van der Waals surface area (Å²) < 4.78 is 0. The van der Waals surface area contributed by atoms with Crippen LogP contribution in [-0.2, 0) is 5.41 Å². The molecular formula is C14H22N2O2. The molecule has 0 atom stereocenters. The van der Waals surface area contributed by atoms with Crippen LogP contribution in [0.2, 0.25) is 0 Å². The standard InChI is InChI=1S/C14H22N2O2/c1-9(2)8-15-12-7-10(13(17)18)6-11(16-12)14(3,4)5/h6-7,9H,8H2,1-5H3,(H,15,16)(H,17,18). The van der Waals surface area contributed by atoms with Crippen LogP contribution in [-0.4, -0.2) is 22.6 Å². The number of hydrogen-bond donors (Lipinski definition) is 2. The summed E-state index contributed by atoms with van der Waals surface area (Å²) in [6, 6.07) is 3.23. The van der Waals surface area contributed by atoms with Gasteiger partial charge in [0.05, 0.1) is 5.56 Å². The first-order chi connectivity index (χ1) is 8.20. The number of carboxylic acid groups (broad SMARTS) is 1. The van der Waals surface area contributed by atoms with Crippen molar-refractivity contribution in [1.29, 1.82) is 0 Å². The third-order valence-corrected chi connectivity index (χ3v) is 2.53. The monoisotopic (exact) mass is 250 g/mol. The second kappa shape index (κ2) is 5.38. The Labute approximate surface area is 108 Å². The number of hydrogen-bond acceptors (Lipinski definition) is 3. The lowest BCUT2D eigenvalue weighted by Crippen LogP contribution is -2.17. The van der Waals surface area contributed by atoms with Crippen molar-refractivity contribution in [1.82, 2.24) is 4.98 Å². The Bertz CT molecular complexity index is 434. The van der Waals surface area contributed by atoms with Gasteiger partial charge < -0.3 is 10.4 Å². The molecule has 0 aromatic carbocycles. The number of carboxylic acids is 1. The molecule has 0 radical (unpaired) electrons. The van der Waals surface area contributed by atoms with E-state index < -0.39 is 5.97 Å². The van der Waals surface area contributed by atoms with Crippen molar-refractivity contribution in [2.24, 2.45) is 5.92 Å². The highest BCUT2D eigenvalue weighted by Crippen LogP contribution is 2.23. The van der Waals surface area contributed by atoms with E-state index in [-0.39, 0.29) is 11.0 Å². The highest BCUT2D eigenvalue weighted by Gasteiger charge is 2.19. The first kappa shape index (κ1) is 14.5. The molecule has 0 aliphatic rings. The van der Waals surface area contributed by atoms with E-state index in [2.05, 4.69) is 24.1 Å². The summed E-state index contributed by atoms with van der Waals surface area (Å²) in [6.45, 7) is 11.0. The number of nitrogens with zero attached hydrogens (tertiary/aromatic N) is 1. The predicted molar refractivity (Wildman–Crippen MR) is 73.2 cm³/mol. The van der Waals surface area contributed by atoms with E-state index in [9.17, 15) is 4.79 Å². The van der Waals surface area contributed by atoms with Crippen LogP contribution in [0.3, 0.4) is 0 Å². The first-order valence-electron chi connectivity index (χ1n) is 6.20. The van der Waals surface area contributed by atoms with Crippen molar-refractivity contribution in [3.63, 3.8) is 0 Å². The van der Waals surface area contributed by atoms with E-state index in [4.69, 9.17) is 5.11 Å². The molecule has 0 amide bonds. The van der Waals surface area contributed by atoms with Crippen molar-refractivity contribution < 1.29 is 9.90 Å². The zero-order chi connectivity index (χ0) is 13.9. The summed E-state index contributed by atoms with van der Waals surface area (Å²) in [5.74, 6) is 0.197. The summed E-state index contributed by atoms with van der Waals surface area (Å²) >= 11 is 0. The summed E-state index contributed by atoms with van der Waals surface area (Å²) in [5, 5.41) is 12.3. The molecule has 1 rings (SSSR count). The van der Waals surface area contributed by atoms with Gasteiger partial charge in [-0.05, 0) is 18.1 Å². The maximum atomic E-state index is 11.1. The molecule has 0 spiro atoms. The number of nitrogens with one attached hydrogen (secondary N) is 1. The Morgan fingerprint density at radius 1 is 1.39 bits per heavy atom. The van der Waals surface area contributed by atoms with Crippen molar-refractivity contribution in [2.45, 2.75) is 40.0 Å². The van der Waals surface area contributed by atoms with Gasteiger partial charge in [0.2, 0.25) is 0 Å². The Morgan fingerprint density at radius 2 is 2.00 bits per heavy atom. The Balaban J connectivity index is 3.10. The fourth-order valence-electron chi connectivity index (χ4n) is 1.44. The van der Waals surface area contributed by atoms with Gasteiger partial charge in [-0.1, -0.05) is 34.6 Å². The predicted octanol–water partition coefficient (Wildman–Crippen LogP) is 3.15. The summed E-state index contributed by atoms with van der Waals surface area (Å²) in [4.78, 5) is 15.6. The lowest BCUT2D eigenvalue weighted by atomic mass is 9.91. The van der Waals surface area contributed by atoms with Crippen molar-refractivity contribution in [3.05, 3.63) is 23.4 Å². The fourth-order valence-corrected chi connectivity index (χ4v) is 1.44. The Morgan fingerprint density at radius 3 is 2.44 bits per heavy atom. The number of anilines is 1. The van der Waals surface area contributed by atoms with E-state index in [1.165, 1.54) is 0 Å². The largest absolute Gasteiger partial charge is 0.478 e. The molecule has 1 aromatic rings. The Kier molecular flexibility index (Phi) is 4.33. The molecule has 1 heterocycles. The molecule has 0 saturated carbocycles. The van der Waals surface area contributed by atoms with Gasteiger partial charge in [0.15, 0.2) is 0 Å². The van der Waals surface area contributed by atoms with Crippen LogP contribution in [0.5, 0.6) is 0 Å². The normalized spacial score (nSPS) is 11.7. The maximum Gasteiger partial charge on any atom is 0.335 e. The minimum atomic E-state index is -0.921. The van der Waals surface area contributed by atoms with Crippen LogP contribution in [0.4, 0.5) is 5.82 Å². The van der Waals surface area contributed by atoms with E-state index in [0.29, 0.717) is 11.7 Å². The third kappa shape index (κ3) is 4.02. The SMILES string of the molecule is CC(C)CNc1cc(C(=O)O)cc(C(C)(C)C)n1. The molecule has 100 valence electrons. The molecule has 0 aliphatic heterocycles. The quantitative estimate of drug-likeness (QED) is 0.861. The summed E-state index contributed by atoms with van der Waals surface area (Å²) in [7, 11) is 0. The van der Waals surface area contributed by atoms with Crippen molar-refractivity contribution in [3.8, 4) is 0 Å². The van der Waals surface area contributed by atoms with Gasteiger partial charge >= 0.3 is 5.97 Å². The molecule has 0 fully saturated rings. The minimum Gasteiger partial charge on any atom is -0.478 e. The van der Waals surface area contributed by atoms with Crippen LogP contribution in [0.25, 0.3) is 0 Å². The number of carbonyl (C=O) groups is 1. The van der Waals surface area contributed by atoms with Gasteiger partial charge in [-0.3, -0.25) is 0 Å². The average Bonchev–Trinajstić information content (AvgIpc) is 2.24. The summed E-state index contributed by atoms with van der Waals surface area (Å²) in [6.07, 6.45) is 0. The molecule has 0 aliphatic carbocycles. The molecule has 1 aromatic heterocycles. The Hall–Kier alpha value is -1.58. The molecule has 4 heteroatoms. The molecule has 2 N–H and O–H groups in total. The summed E-state index contributed by atoms with van der Waals surface area (Å²) in [5.41, 5.74) is 0.898. The van der Waals surface area contributed by atoms with Crippen LogP contribution < -0.4 is 5.32 Å². The third-order valence-electron chi connectivity index (χ3n) is 2.53. The number of pyridine rings is 1. The zero-order valence-corrected chi connectivity index (χ0v) is 11.7. The van der Waals surface area contributed by atoms with Gasteiger partial charge in [0.25, 0.3) is 0 Å². The highest BCUT2D eigenvalue weighted by atomic mass is 16.4. The zero-order valence-electron chi connectivity index (χ0n) is 11.7. The van der Waals surface area contributed by atoms with Crippen molar-refractivity contribution >= 4 is 11.8 Å². The maximum absolute atomic E-state index is 11.1. The van der Waals surface area contributed by atoms with E-state index >= 15 is 0 Å². The van der Waals surface area contributed by atoms with Gasteiger partial charge in [-0.2, -0.15) is 0 Å². The van der Waals surface area contributed by atoms with Crippen LogP contribution in [0.1, 0.15) is 50.7 Å². The fraction of sp³-hybridized carbons (Fsp3) is 0.571. The first-order valence-corrected chi connectivity index (χ1v) is 6.20. The number of aromatic carboxylic acids is 1. The molecule has 0 saturated heterocycles. The van der Waals surface area contributed by atoms with E-state index in [1.54, 1.807) is 12.1 Å². The topological polar surface area (TPSA) is 62.2 Å². The van der Waals surface area contributed by atoms with Crippen LogP contribution in [0, 0.1) is 5.92 Å². The minimum absolute atomic E-state index is 0.167. The van der Waals surface area contributed by atoms with Crippen LogP contribution >= 0.6 is 0 Å². The molecular weight excluding hydrogens is 228 g/mol. The van der Waals surface area contributed by atoms with E-state index in [0.717, 1.165) is 12.2 Å². The molecule has 18 heavy (non-hydrogen) atoms. The smallest absolute Gasteiger partial charge is 0.335 e. The lowest BCUT2D eigenvalue weighted by Gasteiger charge is -2.20. The van der Waals surface area contributed by atoms with Gasteiger partial charge in [-0.15, -0.1) is 0 Å². The lowest BCUT2D eigenvalue weighted by molar-refractivity contribution is 0.0696. The molecule has 0 bridgehead atoms. The second-order valence-electron chi connectivity index (χ2n) is 5.96. The van der Waals surface area contributed by atoms with E-state index in [1.807, 2.05) is 20.8 Å². The van der Waals surface area contributed by atoms with Gasteiger partial charge in [0.1, 0.15) is 5.82 Å². The van der Waals surface area contributed by atoms with Crippen molar-refractivity contribution in [2.75, 3.05) is 11.9 Å².